The lowest BCUT2D eigenvalue weighted by Crippen LogP contribution is -2.23. The molecule has 1 aliphatic heterocycles. The molecule has 6 heteroatoms. The van der Waals surface area contributed by atoms with Gasteiger partial charge in [-0.2, -0.15) is 0 Å². The van der Waals surface area contributed by atoms with Crippen LogP contribution in [0.5, 0.6) is 5.75 Å². The van der Waals surface area contributed by atoms with Crippen LogP contribution in [0.3, 0.4) is 0 Å². The van der Waals surface area contributed by atoms with Crippen LogP contribution in [0.1, 0.15) is 25.1 Å². The largest absolute Gasteiger partial charge is 0.494 e. The summed E-state index contributed by atoms with van der Waals surface area (Å²) in [5.41, 5.74) is 1.61. The number of pyridine rings is 1. The van der Waals surface area contributed by atoms with Gasteiger partial charge in [0.25, 0.3) is 5.56 Å². The molecule has 4 rings (SSSR count). The minimum atomic E-state index is -0.155. The van der Waals surface area contributed by atoms with Crippen molar-refractivity contribution < 1.29 is 4.74 Å². The predicted molar refractivity (Wildman–Crippen MR) is 106 cm³/mol. The van der Waals surface area contributed by atoms with Crippen molar-refractivity contribution in [2.24, 2.45) is 0 Å². The SMILES string of the molecule is Cc1nc2cccnc2c(=O)n1-c1ccc(OCCCN2CCCC2)cc1. The summed E-state index contributed by atoms with van der Waals surface area (Å²) in [4.78, 5) is 24.0. The normalized spacial score (nSPS) is 14.7. The molecular formula is C21H24N4O2. The number of fused-ring (bicyclic) bond motifs is 1. The number of benzene rings is 1. The molecule has 3 aromatic rings. The number of rotatable bonds is 6. The van der Waals surface area contributed by atoms with E-state index in [4.69, 9.17) is 4.74 Å². The maximum Gasteiger partial charge on any atom is 0.284 e. The molecule has 0 atom stereocenters. The standard InChI is InChI=1S/C21H24N4O2/c1-16-23-19-6-4-11-22-20(19)21(26)25(16)17-7-9-18(10-8-17)27-15-5-14-24-12-2-3-13-24/h4,6-11H,2-3,5,12-15H2,1H3. The number of hydrogen-bond acceptors (Lipinski definition) is 5. The van der Waals surface area contributed by atoms with Crippen LogP contribution in [-0.2, 0) is 0 Å². The van der Waals surface area contributed by atoms with E-state index in [0.717, 1.165) is 24.4 Å². The molecule has 0 aliphatic carbocycles. The van der Waals surface area contributed by atoms with E-state index in [1.807, 2.05) is 31.2 Å². The maximum atomic E-state index is 12.8. The van der Waals surface area contributed by atoms with Gasteiger partial charge in [-0.15, -0.1) is 0 Å². The van der Waals surface area contributed by atoms with Crippen LogP contribution in [0.2, 0.25) is 0 Å². The molecule has 0 N–H and O–H groups in total. The number of aromatic nitrogens is 3. The molecule has 0 amide bonds. The fourth-order valence-corrected chi connectivity index (χ4v) is 3.61. The van der Waals surface area contributed by atoms with Gasteiger partial charge < -0.3 is 9.64 Å². The monoisotopic (exact) mass is 364 g/mol. The number of aryl methyl sites for hydroxylation is 1. The van der Waals surface area contributed by atoms with E-state index in [1.54, 1.807) is 22.9 Å². The van der Waals surface area contributed by atoms with E-state index >= 15 is 0 Å². The lowest BCUT2D eigenvalue weighted by atomic mass is 10.2. The highest BCUT2D eigenvalue weighted by Gasteiger charge is 2.12. The van der Waals surface area contributed by atoms with E-state index in [9.17, 15) is 4.79 Å². The Hall–Kier alpha value is -2.73. The van der Waals surface area contributed by atoms with Gasteiger partial charge in [0.2, 0.25) is 0 Å². The third-order valence-electron chi connectivity index (χ3n) is 4.98. The molecule has 1 fully saturated rings. The van der Waals surface area contributed by atoms with Crippen molar-refractivity contribution in [2.75, 3.05) is 26.2 Å². The summed E-state index contributed by atoms with van der Waals surface area (Å²) in [6, 6.07) is 11.2. The van der Waals surface area contributed by atoms with Crippen LogP contribution in [0.15, 0.2) is 47.4 Å². The number of hydrogen-bond donors (Lipinski definition) is 0. The van der Waals surface area contributed by atoms with Crippen molar-refractivity contribution in [3.8, 4) is 11.4 Å². The topological polar surface area (TPSA) is 60.3 Å². The van der Waals surface area contributed by atoms with Gasteiger partial charge in [0.05, 0.1) is 17.8 Å². The minimum absolute atomic E-state index is 0.155. The minimum Gasteiger partial charge on any atom is -0.494 e. The zero-order chi connectivity index (χ0) is 18.6. The number of ether oxygens (including phenoxy) is 1. The van der Waals surface area contributed by atoms with E-state index in [2.05, 4.69) is 14.9 Å². The van der Waals surface area contributed by atoms with Crippen molar-refractivity contribution in [2.45, 2.75) is 26.2 Å². The van der Waals surface area contributed by atoms with Gasteiger partial charge in [-0.1, -0.05) is 0 Å². The summed E-state index contributed by atoms with van der Waals surface area (Å²) < 4.78 is 7.44. The Morgan fingerprint density at radius 3 is 2.67 bits per heavy atom. The average molecular weight is 364 g/mol. The molecule has 1 aliphatic rings. The molecule has 27 heavy (non-hydrogen) atoms. The van der Waals surface area contributed by atoms with Gasteiger partial charge in [-0.05, 0) is 75.7 Å². The molecule has 0 saturated carbocycles. The first kappa shape index (κ1) is 17.7. The molecule has 2 aromatic heterocycles. The first-order chi connectivity index (χ1) is 13.2. The molecule has 6 nitrogen and oxygen atoms in total. The molecule has 0 unspecified atom stereocenters. The molecular weight excluding hydrogens is 340 g/mol. The molecule has 1 saturated heterocycles. The highest BCUT2D eigenvalue weighted by Crippen LogP contribution is 2.17. The third kappa shape index (κ3) is 3.85. The van der Waals surface area contributed by atoms with Gasteiger partial charge in [0.1, 0.15) is 11.6 Å². The van der Waals surface area contributed by atoms with Crippen LogP contribution in [0, 0.1) is 6.92 Å². The van der Waals surface area contributed by atoms with Crippen molar-refractivity contribution in [3.63, 3.8) is 0 Å². The third-order valence-corrected chi connectivity index (χ3v) is 4.98. The second-order valence-electron chi connectivity index (χ2n) is 6.92. The zero-order valence-corrected chi connectivity index (χ0v) is 15.6. The highest BCUT2D eigenvalue weighted by atomic mass is 16.5. The fraction of sp³-hybridized carbons (Fsp3) is 0.381. The van der Waals surface area contributed by atoms with Crippen molar-refractivity contribution in [3.05, 3.63) is 58.8 Å². The van der Waals surface area contributed by atoms with Gasteiger partial charge in [-0.25, -0.2) is 9.97 Å². The average Bonchev–Trinajstić information content (AvgIpc) is 3.20. The molecule has 1 aromatic carbocycles. The summed E-state index contributed by atoms with van der Waals surface area (Å²) in [5, 5.41) is 0. The van der Waals surface area contributed by atoms with Crippen LogP contribution < -0.4 is 10.3 Å². The summed E-state index contributed by atoms with van der Waals surface area (Å²) in [6.07, 6.45) is 5.28. The Kier molecular flexibility index (Phi) is 5.16. The number of nitrogens with zero attached hydrogens (tertiary/aromatic N) is 4. The molecule has 140 valence electrons. The van der Waals surface area contributed by atoms with E-state index in [0.29, 0.717) is 23.5 Å². The Morgan fingerprint density at radius 2 is 1.89 bits per heavy atom. The lowest BCUT2D eigenvalue weighted by Gasteiger charge is -2.15. The first-order valence-corrected chi connectivity index (χ1v) is 9.52. The first-order valence-electron chi connectivity index (χ1n) is 9.52. The quantitative estimate of drug-likeness (QED) is 0.630. The smallest absolute Gasteiger partial charge is 0.284 e. The molecule has 0 spiro atoms. The van der Waals surface area contributed by atoms with E-state index in [1.165, 1.54) is 25.9 Å². The van der Waals surface area contributed by atoms with Crippen molar-refractivity contribution in [1.29, 1.82) is 0 Å². The fourth-order valence-electron chi connectivity index (χ4n) is 3.61. The van der Waals surface area contributed by atoms with Crippen LogP contribution >= 0.6 is 0 Å². The van der Waals surface area contributed by atoms with E-state index < -0.39 is 0 Å². The van der Waals surface area contributed by atoms with Gasteiger partial charge in [-0.3, -0.25) is 9.36 Å². The summed E-state index contributed by atoms with van der Waals surface area (Å²) in [6.45, 7) is 6.07. The number of likely N-dealkylation sites (tertiary alicyclic amines) is 1. The zero-order valence-electron chi connectivity index (χ0n) is 15.6. The van der Waals surface area contributed by atoms with Gasteiger partial charge in [0, 0.05) is 12.7 Å². The molecule has 3 heterocycles. The van der Waals surface area contributed by atoms with Crippen molar-refractivity contribution >= 4 is 11.0 Å². The second-order valence-corrected chi connectivity index (χ2v) is 6.92. The van der Waals surface area contributed by atoms with Crippen LogP contribution in [-0.4, -0.2) is 45.7 Å². The lowest BCUT2D eigenvalue weighted by molar-refractivity contribution is 0.263. The summed E-state index contributed by atoms with van der Waals surface area (Å²) in [7, 11) is 0. The Balaban J connectivity index is 1.46. The Bertz CT molecular complexity index is 976. The van der Waals surface area contributed by atoms with Crippen LogP contribution in [0.4, 0.5) is 0 Å². The Morgan fingerprint density at radius 1 is 1.11 bits per heavy atom. The van der Waals surface area contributed by atoms with E-state index in [-0.39, 0.29) is 5.56 Å². The van der Waals surface area contributed by atoms with Gasteiger partial charge in [0.15, 0.2) is 5.52 Å². The maximum absolute atomic E-state index is 12.8. The highest BCUT2D eigenvalue weighted by molar-refractivity contribution is 5.73. The Labute approximate surface area is 158 Å². The van der Waals surface area contributed by atoms with Crippen molar-refractivity contribution in [1.82, 2.24) is 19.4 Å². The second kappa shape index (κ2) is 7.88. The van der Waals surface area contributed by atoms with Crippen LogP contribution in [0.25, 0.3) is 16.7 Å². The molecule has 0 radical (unpaired) electrons. The summed E-state index contributed by atoms with van der Waals surface area (Å²) >= 11 is 0. The van der Waals surface area contributed by atoms with Gasteiger partial charge >= 0.3 is 0 Å². The summed E-state index contributed by atoms with van der Waals surface area (Å²) in [5.74, 6) is 1.46. The predicted octanol–water partition coefficient (Wildman–Crippen LogP) is 2.95. The molecule has 0 bridgehead atoms.